The van der Waals surface area contributed by atoms with Crippen LogP contribution in [0.5, 0.6) is 0 Å². The van der Waals surface area contributed by atoms with Gasteiger partial charge in [-0.05, 0) is 64.1 Å². The molecule has 10 heteroatoms. The summed E-state index contributed by atoms with van der Waals surface area (Å²) in [6.45, 7) is 11.5. The molecular formula is C19H25IN4O5. The van der Waals surface area contributed by atoms with Crippen molar-refractivity contribution in [2.24, 2.45) is 0 Å². The molecular weight excluding hydrogens is 491 g/mol. The van der Waals surface area contributed by atoms with Crippen LogP contribution in [0.2, 0.25) is 0 Å². The lowest BCUT2D eigenvalue weighted by Gasteiger charge is -2.29. The van der Waals surface area contributed by atoms with Gasteiger partial charge in [0, 0.05) is 9.77 Å². The van der Waals surface area contributed by atoms with Crippen LogP contribution in [-0.4, -0.2) is 51.1 Å². The third-order valence-corrected chi connectivity index (χ3v) is 4.74. The molecule has 2 amide bonds. The van der Waals surface area contributed by atoms with Gasteiger partial charge in [0.25, 0.3) is 0 Å². The maximum atomic E-state index is 13.0. The standard InChI is InChI=1S/C19H25IN4O5/c1-18(2,3)28-16(25)24(17(26)29-19(4,5)6)15-13-12(20)7-23(11-8-27-9-11)14(13)21-10-22-15/h7,10-11H,8-9H2,1-6H3. The molecule has 1 aliphatic rings. The van der Waals surface area contributed by atoms with Crippen molar-refractivity contribution < 1.29 is 23.8 Å². The second-order valence-electron chi connectivity index (χ2n) is 8.77. The van der Waals surface area contributed by atoms with Gasteiger partial charge in [-0.15, -0.1) is 0 Å². The van der Waals surface area contributed by atoms with Gasteiger partial charge in [0.2, 0.25) is 0 Å². The molecule has 0 unspecified atom stereocenters. The Morgan fingerprint density at radius 2 is 1.66 bits per heavy atom. The van der Waals surface area contributed by atoms with Crippen LogP contribution in [0.25, 0.3) is 11.0 Å². The number of ether oxygens (including phenoxy) is 3. The maximum absolute atomic E-state index is 13.0. The maximum Gasteiger partial charge on any atom is 0.425 e. The third-order valence-electron chi connectivity index (χ3n) is 3.92. The van der Waals surface area contributed by atoms with E-state index in [1.807, 2.05) is 10.8 Å². The van der Waals surface area contributed by atoms with Crippen LogP contribution in [0.3, 0.4) is 0 Å². The van der Waals surface area contributed by atoms with E-state index in [2.05, 4.69) is 32.6 Å². The fourth-order valence-corrected chi connectivity index (χ4v) is 3.50. The summed E-state index contributed by atoms with van der Waals surface area (Å²) < 4.78 is 19.0. The van der Waals surface area contributed by atoms with E-state index in [9.17, 15) is 9.59 Å². The smallest absolute Gasteiger partial charge is 0.425 e. The topological polar surface area (TPSA) is 95.8 Å². The van der Waals surface area contributed by atoms with E-state index >= 15 is 0 Å². The van der Waals surface area contributed by atoms with Crippen molar-refractivity contribution >= 4 is 51.6 Å². The molecule has 0 N–H and O–H groups in total. The molecule has 0 aliphatic carbocycles. The lowest BCUT2D eigenvalue weighted by atomic mass is 10.2. The number of rotatable bonds is 2. The van der Waals surface area contributed by atoms with Gasteiger partial charge in [0.15, 0.2) is 5.82 Å². The molecule has 29 heavy (non-hydrogen) atoms. The molecule has 3 heterocycles. The Morgan fingerprint density at radius 3 is 2.10 bits per heavy atom. The Labute approximate surface area is 182 Å². The van der Waals surface area contributed by atoms with E-state index in [0.29, 0.717) is 24.2 Å². The molecule has 3 rings (SSSR count). The molecule has 1 aliphatic heterocycles. The lowest BCUT2D eigenvalue weighted by molar-refractivity contribution is -0.0216. The van der Waals surface area contributed by atoms with E-state index in [1.54, 1.807) is 41.5 Å². The van der Waals surface area contributed by atoms with Crippen LogP contribution < -0.4 is 4.90 Å². The number of imide groups is 1. The van der Waals surface area contributed by atoms with Crippen molar-refractivity contribution in [3.63, 3.8) is 0 Å². The minimum absolute atomic E-state index is 0.127. The van der Waals surface area contributed by atoms with Gasteiger partial charge < -0.3 is 18.8 Å². The second kappa shape index (κ2) is 7.71. The van der Waals surface area contributed by atoms with Crippen molar-refractivity contribution in [1.29, 1.82) is 0 Å². The van der Waals surface area contributed by atoms with Gasteiger partial charge >= 0.3 is 12.2 Å². The van der Waals surface area contributed by atoms with Crippen LogP contribution in [0, 0.1) is 3.57 Å². The van der Waals surface area contributed by atoms with Crippen LogP contribution in [-0.2, 0) is 14.2 Å². The minimum atomic E-state index is -0.859. The molecule has 2 aromatic heterocycles. The Bertz CT molecular complexity index is 912. The highest BCUT2D eigenvalue weighted by atomic mass is 127. The Morgan fingerprint density at radius 1 is 1.10 bits per heavy atom. The minimum Gasteiger partial charge on any atom is -0.443 e. The lowest BCUT2D eigenvalue weighted by Crippen LogP contribution is -2.44. The summed E-state index contributed by atoms with van der Waals surface area (Å²) >= 11 is 2.14. The van der Waals surface area contributed by atoms with Crippen molar-refractivity contribution in [2.45, 2.75) is 58.8 Å². The summed E-state index contributed by atoms with van der Waals surface area (Å²) in [4.78, 5) is 35.4. The Hall–Kier alpha value is -1.95. The molecule has 0 spiro atoms. The van der Waals surface area contributed by atoms with Gasteiger partial charge in [-0.1, -0.05) is 0 Å². The summed E-state index contributed by atoms with van der Waals surface area (Å²) in [7, 11) is 0. The monoisotopic (exact) mass is 516 g/mol. The number of anilines is 1. The first-order valence-corrected chi connectivity index (χ1v) is 10.3. The summed E-state index contributed by atoms with van der Waals surface area (Å²) in [5, 5.41) is 0.580. The first kappa shape index (κ1) is 21.8. The number of hydrogen-bond acceptors (Lipinski definition) is 7. The van der Waals surface area contributed by atoms with Gasteiger partial charge in [0.1, 0.15) is 23.2 Å². The normalized spacial score (nSPS) is 15.1. The molecule has 9 nitrogen and oxygen atoms in total. The number of fused-ring (bicyclic) bond motifs is 1. The van der Waals surface area contributed by atoms with Gasteiger partial charge in [-0.2, -0.15) is 4.90 Å². The largest absolute Gasteiger partial charge is 0.443 e. The predicted molar refractivity (Wildman–Crippen MR) is 115 cm³/mol. The van der Waals surface area contributed by atoms with Crippen LogP contribution >= 0.6 is 22.6 Å². The number of nitrogens with zero attached hydrogens (tertiary/aromatic N) is 4. The van der Waals surface area contributed by atoms with Gasteiger partial charge in [-0.3, -0.25) is 0 Å². The molecule has 0 radical (unpaired) electrons. The molecule has 0 bridgehead atoms. The highest BCUT2D eigenvalue weighted by Crippen LogP contribution is 2.34. The molecule has 0 atom stereocenters. The van der Waals surface area contributed by atoms with Crippen LogP contribution in [0.15, 0.2) is 12.5 Å². The van der Waals surface area contributed by atoms with Gasteiger partial charge in [-0.25, -0.2) is 19.6 Å². The molecule has 0 saturated carbocycles. The first-order valence-electron chi connectivity index (χ1n) is 9.22. The quantitative estimate of drug-likeness (QED) is 0.550. The zero-order chi connectivity index (χ0) is 21.6. The fraction of sp³-hybridized carbons (Fsp3) is 0.579. The molecule has 1 saturated heterocycles. The van der Waals surface area contributed by atoms with Crippen molar-refractivity contribution in [3.8, 4) is 0 Å². The van der Waals surface area contributed by atoms with E-state index in [0.717, 1.165) is 8.47 Å². The Kier molecular flexibility index (Phi) is 5.78. The van der Waals surface area contributed by atoms with Crippen LogP contribution in [0.1, 0.15) is 47.6 Å². The highest BCUT2D eigenvalue weighted by molar-refractivity contribution is 14.1. The van der Waals surface area contributed by atoms with E-state index < -0.39 is 23.4 Å². The molecule has 158 valence electrons. The van der Waals surface area contributed by atoms with Gasteiger partial charge in [0.05, 0.1) is 24.6 Å². The number of amides is 2. The number of aromatic nitrogens is 3. The average molecular weight is 516 g/mol. The molecule has 0 aromatic carbocycles. The number of hydrogen-bond donors (Lipinski definition) is 0. The third kappa shape index (κ3) is 4.80. The zero-order valence-corrected chi connectivity index (χ0v) is 19.5. The molecule has 1 fully saturated rings. The van der Waals surface area contributed by atoms with Crippen molar-refractivity contribution in [1.82, 2.24) is 14.5 Å². The fourth-order valence-electron chi connectivity index (χ4n) is 2.72. The summed E-state index contributed by atoms with van der Waals surface area (Å²) in [6, 6.07) is 0.153. The summed E-state index contributed by atoms with van der Waals surface area (Å²) in [5.41, 5.74) is -0.984. The average Bonchev–Trinajstić information content (AvgIpc) is 2.80. The van der Waals surface area contributed by atoms with E-state index in [4.69, 9.17) is 14.2 Å². The zero-order valence-electron chi connectivity index (χ0n) is 17.4. The summed E-state index contributed by atoms with van der Waals surface area (Å²) in [5.74, 6) is 0.127. The first-order chi connectivity index (χ1) is 13.4. The van der Waals surface area contributed by atoms with E-state index in [1.165, 1.54) is 6.33 Å². The highest BCUT2D eigenvalue weighted by Gasteiger charge is 2.36. The number of carbonyl (C=O) groups is 2. The van der Waals surface area contributed by atoms with Crippen molar-refractivity contribution in [2.75, 3.05) is 18.1 Å². The summed E-state index contributed by atoms with van der Waals surface area (Å²) in [6.07, 6.45) is 1.52. The molecule has 2 aromatic rings. The SMILES string of the molecule is CC(C)(C)OC(=O)N(C(=O)OC(C)(C)C)c1ncnc2c1c(I)cn2C1COC1. The second-order valence-corrected chi connectivity index (χ2v) is 9.93. The van der Waals surface area contributed by atoms with E-state index in [-0.39, 0.29) is 11.9 Å². The predicted octanol–water partition coefficient (Wildman–Crippen LogP) is 4.28. The van der Waals surface area contributed by atoms with Crippen LogP contribution in [0.4, 0.5) is 15.4 Å². The Balaban J connectivity index is 2.12. The number of halogens is 1. The van der Waals surface area contributed by atoms with Crippen molar-refractivity contribution in [3.05, 3.63) is 16.1 Å². The number of carbonyl (C=O) groups excluding carboxylic acids is 2.